The van der Waals surface area contributed by atoms with Crippen molar-refractivity contribution in [2.75, 3.05) is 40.8 Å². The first kappa shape index (κ1) is 19.4. The number of urea groups is 1. The van der Waals surface area contributed by atoms with Gasteiger partial charge in [-0.3, -0.25) is 10.00 Å². The number of nitrogens with zero attached hydrogens (tertiary/aromatic N) is 5. The lowest BCUT2D eigenvalue weighted by Crippen LogP contribution is -2.42. The van der Waals surface area contributed by atoms with Crippen molar-refractivity contribution in [2.45, 2.75) is 12.8 Å². The van der Waals surface area contributed by atoms with Crippen LogP contribution in [-0.2, 0) is 13.5 Å². The van der Waals surface area contributed by atoms with Crippen molar-refractivity contribution < 1.29 is 9.53 Å². The Kier molecular flexibility index (Phi) is 5.27. The highest BCUT2D eigenvalue weighted by molar-refractivity contribution is 6.04. The Bertz CT molecular complexity index is 949. The number of fused-ring (bicyclic) bond motifs is 1. The maximum atomic E-state index is 12.8. The lowest BCUT2D eigenvalue weighted by molar-refractivity contribution is 0.210. The summed E-state index contributed by atoms with van der Waals surface area (Å²) in [5.74, 6) is 1.97. The number of amidine groups is 1. The van der Waals surface area contributed by atoms with Gasteiger partial charge < -0.3 is 14.5 Å². The third kappa shape index (κ3) is 3.98. The molecule has 0 bridgehead atoms. The molecule has 0 saturated carbocycles. The van der Waals surface area contributed by atoms with Crippen molar-refractivity contribution in [1.29, 1.82) is 0 Å². The second kappa shape index (κ2) is 7.87. The van der Waals surface area contributed by atoms with Crippen LogP contribution in [0.15, 0.2) is 29.5 Å². The predicted molar refractivity (Wildman–Crippen MR) is 113 cm³/mol. The minimum Gasteiger partial charge on any atom is -0.496 e. The highest BCUT2D eigenvalue weighted by Crippen LogP contribution is 2.42. The molecule has 2 aliphatic rings. The highest BCUT2D eigenvalue weighted by atomic mass is 16.5. The zero-order valence-corrected chi connectivity index (χ0v) is 17.5. The zero-order chi connectivity index (χ0) is 20.5. The summed E-state index contributed by atoms with van der Waals surface area (Å²) in [7, 11) is 7.69. The molecule has 1 fully saturated rings. The Labute approximate surface area is 171 Å². The number of hydrogen-bond donors (Lipinski definition) is 1. The molecule has 8 heteroatoms. The van der Waals surface area contributed by atoms with Crippen LogP contribution in [0.2, 0.25) is 0 Å². The van der Waals surface area contributed by atoms with Crippen LogP contribution in [0.5, 0.6) is 5.75 Å². The van der Waals surface area contributed by atoms with Gasteiger partial charge in [0.15, 0.2) is 0 Å². The fraction of sp³-hybridized carbons (Fsp3) is 0.476. The summed E-state index contributed by atoms with van der Waals surface area (Å²) in [6.07, 6.45) is 5.37. The average Bonchev–Trinajstić information content (AvgIpc) is 3.40. The number of carbonyl (C=O) groups excluding carboxylic acids is 1. The molecule has 2 aliphatic heterocycles. The van der Waals surface area contributed by atoms with Crippen LogP contribution in [-0.4, -0.2) is 72.3 Å². The van der Waals surface area contributed by atoms with E-state index in [0.717, 1.165) is 54.2 Å². The molecule has 2 amide bonds. The third-order valence-electron chi connectivity index (χ3n) is 5.51. The number of rotatable bonds is 4. The Morgan fingerprint density at radius 3 is 2.90 bits per heavy atom. The molecule has 0 radical (unpaired) electrons. The van der Waals surface area contributed by atoms with Gasteiger partial charge in [-0.1, -0.05) is 0 Å². The number of benzene rings is 1. The molecule has 1 N–H and O–H groups in total. The monoisotopic (exact) mass is 396 g/mol. The van der Waals surface area contributed by atoms with Crippen LogP contribution in [0.4, 0.5) is 10.5 Å². The van der Waals surface area contributed by atoms with Gasteiger partial charge >= 0.3 is 6.03 Å². The molecule has 1 aromatic carbocycles. The molecular weight excluding hydrogens is 368 g/mol. The number of ether oxygens (including phenoxy) is 1. The lowest BCUT2D eigenvalue weighted by Gasteiger charge is -2.19. The summed E-state index contributed by atoms with van der Waals surface area (Å²) in [6, 6.07) is 3.88. The van der Waals surface area contributed by atoms with E-state index in [-0.39, 0.29) is 6.03 Å². The predicted octanol–water partition coefficient (Wildman–Crippen LogP) is 2.27. The normalized spacial score (nSPS) is 18.2. The number of methoxy groups -OCH3 is 1. The molecule has 4 rings (SSSR count). The van der Waals surface area contributed by atoms with E-state index in [1.807, 2.05) is 36.5 Å². The number of aryl methyl sites for hydroxylation is 1. The van der Waals surface area contributed by atoms with E-state index in [2.05, 4.69) is 29.4 Å². The first-order valence-electron chi connectivity index (χ1n) is 9.91. The second-order valence-corrected chi connectivity index (χ2v) is 8.07. The van der Waals surface area contributed by atoms with Crippen LogP contribution in [0.3, 0.4) is 0 Å². The Morgan fingerprint density at radius 2 is 2.21 bits per heavy atom. The first-order chi connectivity index (χ1) is 13.9. The smallest absolute Gasteiger partial charge is 0.322 e. The number of amides is 2. The Balaban J connectivity index is 1.51. The molecule has 29 heavy (non-hydrogen) atoms. The van der Waals surface area contributed by atoms with Crippen molar-refractivity contribution in [3.05, 3.63) is 30.1 Å². The summed E-state index contributed by atoms with van der Waals surface area (Å²) in [4.78, 5) is 21.6. The summed E-state index contributed by atoms with van der Waals surface area (Å²) < 4.78 is 7.30. The van der Waals surface area contributed by atoms with E-state index < -0.39 is 0 Å². The molecule has 0 aliphatic carbocycles. The minimum absolute atomic E-state index is 0.0697. The van der Waals surface area contributed by atoms with Crippen molar-refractivity contribution in [1.82, 2.24) is 24.9 Å². The molecule has 1 atom stereocenters. The SMILES string of the molecule is COc1ccc(-c2cnn(C)c2)c2c1CC(NC(=O)N1CC[C@H](CN(C)C)C1)=N2. The van der Waals surface area contributed by atoms with Crippen LogP contribution < -0.4 is 10.1 Å². The zero-order valence-electron chi connectivity index (χ0n) is 17.5. The number of likely N-dealkylation sites (tertiary alicyclic amines) is 1. The van der Waals surface area contributed by atoms with Gasteiger partial charge in [-0.2, -0.15) is 5.10 Å². The molecule has 8 nitrogen and oxygen atoms in total. The van der Waals surface area contributed by atoms with Crippen LogP contribution >= 0.6 is 0 Å². The van der Waals surface area contributed by atoms with E-state index in [4.69, 9.17) is 9.73 Å². The fourth-order valence-corrected chi connectivity index (χ4v) is 4.20. The molecule has 1 aromatic heterocycles. The molecule has 1 saturated heterocycles. The van der Waals surface area contributed by atoms with E-state index in [1.54, 1.807) is 11.8 Å². The number of aromatic nitrogens is 2. The van der Waals surface area contributed by atoms with Gasteiger partial charge in [0, 0.05) is 56.0 Å². The van der Waals surface area contributed by atoms with Crippen molar-refractivity contribution in [2.24, 2.45) is 18.0 Å². The average molecular weight is 396 g/mol. The van der Waals surface area contributed by atoms with Crippen LogP contribution in [0, 0.1) is 5.92 Å². The maximum Gasteiger partial charge on any atom is 0.322 e. The van der Waals surface area contributed by atoms with Gasteiger partial charge in [0.25, 0.3) is 0 Å². The van der Waals surface area contributed by atoms with Gasteiger partial charge in [0.1, 0.15) is 11.6 Å². The topological polar surface area (TPSA) is 75.0 Å². The highest BCUT2D eigenvalue weighted by Gasteiger charge is 2.29. The van der Waals surface area contributed by atoms with E-state index >= 15 is 0 Å². The van der Waals surface area contributed by atoms with E-state index in [9.17, 15) is 4.79 Å². The molecule has 0 spiro atoms. The van der Waals surface area contributed by atoms with Gasteiger partial charge in [-0.25, -0.2) is 9.79 Å². The number of nitrogens with one attached hydrogen (secondary N) is 1. The van der Waals surface area contributed by atoms with Gasteiger partial charge in [-0.05, 0) is 38.6 Å². The van der Waals surface area contributed by atoms with Gasteiger partial charge in [-0.15, -0.1) is 0 Å². The number of carbonyl (C=O) groups is 1. The second-order valence-electron chi connectivity index (χ2n) is 8.07. The first-order valence-corrected chi connectivity index (χ1v) is 9.91. The summed E-state index contributed by atoms with van der Waals surface area (Å²) >= 11 is 0. The number of hydrogen-bond acceptors (Lipinski definition) is 5. The van der Waals surface area contributed by atoms with E-state index in [0.29, 0.717) is 18.2 Å². The third-order valence-corrected chi connectivity index (χ3v) is 5.51. The van der Waals surface area contributed by atoms with Gasteiger partial charge in [0.2, 0.25) is 0 Å². The van der Waals surface area contributed by atoms with Gasteiger partial charge in [0.05, 0.1) is 19.0 Å². The molecule has 3 heterocycles. The lowest BCUT2D eigenvalue weighted by atomic mass is 10.0. The summed E-state index contributed by atoms with van der Waals surface area (Å²) in [5, 5.41) is 7.29. The fourth-order valence-electron chi connectivity index (χ4n) is 4.20. The van der Waals surface area contributed by atoms with E-state index in [1.165, 1.54) is 0 Å². The maximum absolute atomic E-state index is 12.8. The Hall–Kier alpha value is -2.87. The minimum atomic E-state index is -0.0697. The largest absolute Gasteiger partial charge is 0.496 e. The number of aliphatic imine (C=N–C) groups is 1. The van der Waals surface area contributed by atoms with Crippen LogP contribution in [0.1, 0.15) is 12.0 Å². The molecule has 0 unspecified atom stereocenters. The summed E-state index contributed by atoms with van der Waals surface area (Å²) in [5.41, 5.74) is 3.83. The molecule has 154 valence electrons. The van der Waals surface area contributed by atoms with Crippen molar-refractivity contribution in [3.63, 3.8) is 0 Å². The molecule has 2 aromatic rings. The Morgan fingerprint density at radius 1 is 1.38 bits per heavy atom. The molecular formula is C21H28N6O2. The summed E-state index contributed by atoms with van der Waals surface area (Å²) in [6.45, 7) is 2.57. The van der Waals surface area contributed by atoms with Crippen LogP contribution in [0.25, 0.3) is 11.1 Å². The van der Waals surface area contributed by atoms with Crippen molar-refractivity contribution in [3.8, 4) is 16.9 Å². The van der Waals surface area contributed by atoms with Crippen molar-refractivity contribution >= 4 is 17.6 Å². The quantitative estimate of drug-likeness (QED) is 0.860. The standard InChI is InChI=1S/C21H28N6O2/c1-25(2)11-14-7-8-27(12-14)21(28)24-19-9-17-18(29-4)6-5-16(20(17)23-19)15-10-22-26(3)13-15/h5-6,10,13-14H,7-9,11-12H2,1-4H3,(H,23,24,28)/t14-/m1/s1.